The van der Waals surface area contributed by atoms with Gasteiger partial charge in [-0.1, -0.05) is 6.07 Å². The summed E-state index contributed by atoms with van der Waals surface area (Å²) in [5.41, 5.74) is -0.264. The molecule has 1 fully saturated rings. The average molecular weight is 253 g/mol. The maximum Gasteiger partial charge on any atom is 0.260 e. The van der Waals surface area contributed by atoms with E-state index in [0.717, 1.165) is 6.07 Å². The van der Waals surface area contributed by atoms with E-state index in [1.165, 1.54) is 17.0 Å². The quantitative estimate of drug-likeness (QED) is 0.837. The van der Waals surface area contributed by atoms with Crippen molar-refractivity contribution in [1.29, 1.82) is 0 Å². The number of hydrogen-bond donors (Lipinski definition) is 2. The number of nitrogens with zero attached hydrogens (tertiary/aromatic N) is 1. The monoisotopic (exact) mass is 253 g/mol. The molecule has 2 N–H and O–H groups in total. The second-order valence-corrected chi connectivity index (χ2v) is 4.55. The number of amides is 1. The minimum atomic E-state index is -0.704. The number of likely N-dealkylation sites (tertiary alicyclic amines) is 1. The lowest BCUT2D eigenvalue weighted by Crippen LogP contribution is -2.39. The van der Waals surface area contributed by atoms with Crippen LogP contribution in [-0.2, 0) is 0 Å². The number of rotatable bonds is 2. The molecule has 0 saturated carbocycles. The first-order valence-electron chi connectivity index (χ1n) is 6.01. The van der Waals surface area contributed by atoms with Gasteiger partial charge in [0.15, 0.2) is 0 Å². The Hall–Kier alpha value is -1.62. The predicted molar refractivity (Wildman–Crippen MR) is 63.8 cm³/mol. The summed E-state index contributed by atoms with van der Waals surface area (Å²) in [5.74, 6) is -1.31. The van der Waals surface area contributed by atoms with Gasteiger partial charge in [-0.3, -0.25) is 4.79 Å². The second kappa shape index (κ2) is 5.35. The third-order valence-corrected chi connectivity index (χ3v) is 3.37. The molecule has 5 heteroatoms. The zero-order chi connectivity index (χ0) is 13.1. The fraction of sp³-hybridized carbons (Fsp3) is 0.462. The highest BCUT2D eigenvalue weighted by Crippen LogP contribution is 2.24. The number of aliphatic hydroxyl groups excluding tert-OH is 1. The highest BCUT2D eigenvalue weighted by Gasteiger charge is 2.26. The van der Waals surface area contributed by atoms with E-state index in [1.807, 2.05) is 0 Å². The molecule has 1 aliphatic heterocycles. The molecule has 0 aliphatic carbocycles. The number of carbonyl (C=O) groups is 1. The molecule has 0 atom stereocenters. The van der Waals surface area contributed by atoms with E-state index in [0.29, 0.717) is 25.9 Å². The van der Waals surface area contributed by atoms with Gasteiger partial charge < -0.3 is 15.1 Å². The smallest absolute Gasteiger partial charge is 0.260 e. The van der Waals surface area contributed by atoms with Gasteiger partial charge in [-0.05, 0) is 30.9 Å². The second-order valence-electron chi connectivity index (χ2n) is 4.55. The fourth-order valence-corrected chi connectivity index (χ4v) is 2.20. The van der Waals surface area contributed by atoms with Crippen LogP contribution in [0.2, 0.25) is 0 Å². The molecule has 4 nitrogen and oxygen atoms in total. The Kier molecular flexibility index (Phi) is 3.81. The van der Waals surface area contributed by atoms with Crippen LogP contribution in [0.15, 0.2) is 18.2 Å². The fourth-order valence-electron chi connectivity index (χ4n) is 2.20. The summed E-state index contributed by atoms with van der Waals surface area (Å²) >= 11 is 0. The van der Waals surface area contributed by atoms with Crippen molar-refractivity contribution < 1.29 is 19.4 Å². The van der Waals surface area contributed by atoms with Crippen molar-refractivity contribution in [3.8, 4) is 5.75 Å². The van der Waals surface area contributed by atoms with Gasteiger partial charge in [0.1, 0.15) is 17.1 Å². The zero-order valence-electron chi connectivity index (χ0n) is 9.97. The van der Waals surface area contributed by atoms with Crippen molar-refractivity contribution in [3.05, 3.63) is 29.6 Å². The predicted octanol–water partition coefficient (Wildman–Crippen LogP) is 1.38. The third kappa shape index (κ3) is 2.46. The summed E-state index contributed by atoms with van der Waals surface area (Å²) < 4.78 is 13.6. The van der Waals surface area contributed by atoms with E-state index < -0.39 is 11.7 Å². The van der Waals surface area contributed by atoms with E-state index in [4.69, 9.17) is 5.11 Å². The van der Waals surface area contributed by atoms with Crippen LogP contribution in [0.4, 0.5) is 4.39 Å². The Labute approximate surface area is 105 Å². The molecule has 1 saturated heterocycles. The van der Waals surface area contributed by atoms with Crippen LogP contribution in [0.1, 0.15) is 23.2 Å². The third-order valence-electron chi connectivity index (χ3n) is 3.37. The topological polar surface area (TPSA) is 60.8 Å². The molecule has 0 aromatic heterocycles. The molecule has 1 aliphatic rings. The molecule has 98 valence electrons. The minimum absolute atomic E-state index is 0.118. The van der Waals surface area contributed by atoms with Crippen molar-refractivity contribution in [2.24, 2.45) is 5.92 Å². The summed E-state index contributed by atoms with van der Waals surface area (Å²) in [5, 5.41) is 18.6. The first-order valence-corrected chi connectivity index (χ1v) is 6.01. The summed E-state index contributed by atoms with van der Waals surface area (Å²) in [6.45, 7) is 1.09. The highest BCUT2D eigenvalue weighted by atomic mass is 19.1. The summed E-state index contributed by atoms with van der Waals surface area (Å²) in [4.78, 5) is 13.6. The molecule has 1 aromatic rings. The van der Waals surface area contributed by atoms with Gasteiger partial charge in [-0.2, -0.15) is 0 Å². The molecule has 0 radical (unpaired) electrons. The van der Waals surface area contributed by atoms with E-state index in [9.17, 15) is 14.3 Å². The van der Waals surface area contributed by atoms with Crippen molar-refractivity contribution >= 4 is 5.91 Å². The van der Waals surface area contributed by atoms with Crippen molar-refractivity contribution in [2.45, 2.75) is 12.8 Å². The number of benzene rings is 1. The van der Waals surface area contributed by atoms with E-state index >= 15 is 0 Å². The number of aliphatic hydroxyl groups is 1. The molecule has 1 amide bonds. The zero-order valence-corrected chi connectivity index (χ0v) is 9.97. The van der Waals surface area contributed by atoms with Gasteiger partial charge in [0.25, 0.3) is 5.91 Å². The van der Waals surface area contributed by atoms with E-state index in [2.05, 4.69) is 0 Å². The van der Waals surface area contributed by atoms with Crippen LogP contribution in [0.3, 0.4) is 0 Å². The Balaban J connectivity index is 2.13. The van der Waals surface area contributed by atoms with Crippen LogP contribution in [-0.4, -0.2) is 40.7 Å². The number of hydrogen-bond acceptors (Lipinski definition) is 3. The van der Waals surface area contributed by atoms with Crippen LogP contribution < -0.4 is 0 Å². The molecule has 18 heavy (non-hydrogen) atoms. The Morgan fingerprint density at radius 2 is 2.06 bits per heavy atom. The normalized spacial score (nSPS) is 16.9. The molecule has 0 spiro atoms. The number of phenolic OH excluding ortho intramolecular Hbond substituents is 1. The highest BCUT2D eigenvalue weighted by molar-refractivity contribution is 5.97. The van der Waals surface area contributed by atoms with Crippen molar-refractivity contribution in [3.63, 3.8) is 0 Å². The van der Waals surface area contributed by atoms with Crippen LogP contribution in [0, 0.1) is 11.7 Å². The number of phenols is 1. The van der Waals surface area contributed by atoms with Crippen molar-refractivity contribution in [1.82, 2.24) is 4.90 Å². The molecular weight excluding hydrogens is 237 g/mol. The molecule has 0 bridgehead atoms. The first kappa shape index (κ1) is 12.8. The van der Waals surface area contributed by atoms with Gasteiger partial charge in [-0.15, -0.1) is 0 Å². The van der Waals surface area contributed by atoms with Gasteiger partial charge in [-0.25, -0.2) is 4.39 Å². The number of aromatic hydroxyl groups is 1. The largest absolute Gasteiger partial charge is 0.507 e. The van der Waals surface area contributed by atoms with Gasteiger partial charge in [0.2, 0.25) is 0 Å². The molecule has 2 rings (SSSR count). The van der Waals surface area contributed by atoms with Crippen LogP contribution >= 0.6 is 0 Å². The molecule has 1 aromatic carbocycles. The van der Waals surface area contributed by atoms with Crippen LogP contribution in [0.25, 0.3) is 0 Å². The van der Waals surface area contributed by atoms with Gasteiger partial charge >= 0.3 is 0 Å². The molecule has 1 heterocycles. The molecule has 0 unspecified atom stereocenters. The van der Waals surface area contributed by atoms with Gasteiger partial charge in [0.05, 0.1) is 0 Å². The maximum atomic E-state index is 13.6. The lowest BCUT2D eigenvalue weighted by molar-refractivity contribution is 0.0643. The van der Waals surface area contributed by atoms with E-state index in [1.54, 1.807) is 0 Å². The molecular formula is C13H16FNO3. The first-order chi connectivity index (χ1) is 8.63. The lowest BCUT2D eigenvalue weighted by Gasteiger charge is -2.31. The van der Waals surface area contributed by atoms with Gasteiger partial charge in [0, 0.05) is 19.7 Å². The standard InChI is InChI=1S/C13H16FNO3/c14-10-2-1-3-11(17)12(10)13(18)15-6-4-9(8-16)5-7-15/h1-3,9,16-17H,4-8H2. The Bertz CT molecular complexity index is 422. The lowest BCUT2D eigenvalue weighted by atomic mass is 9.97. The Morgan fingerprint density at radius 3 is 2.61 bits per heavy atom. The maximum absolute atomic E-state index is 13.6. The average Bonchev–Trinajstić information content (AvgIpc) is 2.38. The van der Waals surface area contributed by atoms with Crippen LogP contribution in [0.5, 0.6) is 5.75 Å². The number of piperidine rings is 1. The summed E-state index contributed by atoms with van der Waals surface area (Å²) in [6.07, 6.45) is 1.41. The van der Waals surface area contributed by atoms with E-state index in [-0.39, 0.29) is 23.8 Å². The Morgan fingerprint density at radius 1 is 1.39 bits per heavy atom. The summed E-state index contributed by atoms with van der Waals surface area (Å²) in [7, 11) is 0. The summed E-state index contributed by atoms with van der Waals surface area (Å²) in [6, 6.07) is 3.82. The van der Waals surface area contributed by atoms with Crippen molar-refractivity contribution in [2.75, 3.05) is 19.7 Å². The minimum Gasteiger partial charge on any atom is -0.507 e. The SMILES string of the molecule is O=C(c1c(O)cccc1F)N1CCC(CO)CC1. The number of carbonyl (C=O) groups excluding carboxylic acids is 1. The number of halogens is 1.